The summed E-state index contributed by atoms with van der Waals surface area (Å²) in [5, 5.41) is 5.67. The van der Waals surface area contributed by atoms with Crippen molar-refractivity contribution < 1.29 is 14.3 Å². The molecule has 11 nitrogen and oxygen atoms in total. The zero-order valence-corrected chi connectivity index (χ0v) is 22.4. The van der Waals surface area contributed by atoms with E-state index in [-0.39, 0.29) is 5.91 Å². The summed E-state index contributed by atoms with van der Waals surface area (Å²) in [6.07, 6.45) is 0.703. The molecular formula is C28H34N8O3. The summed E-state index contributed by atoms with van der Waals surface area (Å²) in [5.74, 6) is 1.97. The third kappa shape index (κ3) is 6.68. The molecule has 0 spiro atoms. The van der Waals surface area contributed by atoms with Gasteiger partial charge in [-0.3, -0.25) is 4.79 Å². The van der Waals surface area contributed by atoms with Crippen LogP contribution in [-0.4, -0.2) is 96.2 Å². The van der Waals surface area contributed by atoms with Crippen LogP contribution in [0.4, 0.5) is 22.1 Å². The van der Waals surface area contributed by atoms with E-state index in [1.807, 2.05) is 36.1 Å². The van der Waals surface area contributed by atoms with Crippen LogP contribution in [-0.2, 0) is 11.2 Å². The first-order chi connectivity index (χ1) is 19.0. The SMILES string of the molecule is CCc1nc(-c2ccc(NC(=O)Nc3cccc(C(=O)N4CCN(C)CC4)c3)cc2)nc(N2CCOCC2)n1. The van der Waals surface area contributed by atoms with Crippen LogP contribution in [0.1, 0.15) is 23.1 Å². The van der Waals surface area contributed by atoms with Gasteiger partial charge in [-0.1, -0.05) is 13.0 Å². The number of piperazine rings is 1. The molecule has 0 radical (unpaired) electrons. The van der Waals surface area contributed by atoms with Crippen molar-refractivity contribution in [3.63, 3.8) is 0 Å². The second-order valence-electron chi connectivity index (χ2n) is 9.66. The minimum absolute atomic E-state index is 0.0240. The fourth-order valence-corrected chi connectivity index (χ4v) is 4.52. The molecule has 2 N–H and O–H groups in total. The molecule has 2 fully saturated rings. The lowest BCUT2D eigenvalue weighted by molar-refractivity contribution is 0.0664. The molecule has 2 saturated heterocycles. The maximum absolute atomic E-state index is 12.9. The van der Waals surface area contributed by atoms with Crippen LogP contribution in [0.25, 0.3) is 11.4 Å². The number of benzene rings is 2. The number of nitrogens with zero attached hydrogens (tertiary/aromatic N) is 6. The van der Waals surface area contributed by atoms with Crippen molar-refractivity contribution in [2.45, 2.75) is 13.3 Å². The van der Waals surface area contributed by atoms with E-state index >= 15 is 0 Å². The normalized spacial score (nSPS) is 16.2. The van der Waals surface area contributed by atoms with Crippen LogP contribution in [0.3, 0.4) is 0 Å². The highest BCUT2D eigenvalue weighted by Gasteiger charge is 2.21. The molecular weight excluding hydrogens is 496 g/mol. The smallest absolute Gasteiger partial charge is 0.323 e. The zero-order valence-electron chi connectivity index (χ0n) is 22.4. The summed E-state index contributed by atoms with van der Waals surface area (Å²) in [5.41, 5.74) is 2.57. The van der Waals surface area contributed by atoms with Crippen molar-refractivity contribution in [1.29, 1.82) is 0 Å². The van der Waals surface area contributed by atoms with Crippen molar-refractivity contribution in [1.82, 2.24) is 24.8 Å². The number of carbonyl (C=O) groups is 2. The number of hydrogen-bond donors (Lipinski definition) is 2. The third-order valence-electron chi connectivity index (χ3n) is 6.84. The molecule has 5 rings (SSSR count). The van der Waals surface area contributed by atoms with E-state index in [4.69, 9.17) is 9.72 Å². The number of morpholine rings is 1. The van der Waals surface area contributed by atoms with Crippen LogP contribution < -0.4 is 15.5 Å². The molecule has 39 heavy (non-hydrogen) atoms. The van der Waals surface area contributed by atoms with Gasteiger partial charge in [0.05, 0.1) is 13.2 Å². The summed E-state index contributed by atoms with van der Waals surface area (Å²) in [4.78, 5) is 45.7. The molecule has 2 aliphatic heterocycles. The van der Waals surface area contributed by atoms with Gasteiger partial charge in [-0.05, 0) is 49.5 Å². The maximum atomic E-state index is 12.9. The first-order valence-electron chi connectivity index (χ1n) is 13.3. The van der Waals surface area contributed by atoms with Crippen molar-refractivity contribution in [2.75, 3.05) is 75.1 Å². The lowest BCUT2D eigenvalue weighted by Gasteiger charge is -2.32. The number of carbonyl (C=O) groups excluding carboxylic acids is 2. The van der Waals surface area contributed by atoms with Crippen molar-refractivity contribution in [3.8, 4) is 11.4 Å². The predicted octanol–water partition coefficient (Wildman–Crippen LogP) is 2.97. The van der Waals surface area contributed by atoms with E-state index in [9.17, 15) is 9.59 Å². The molecule has 204 valence electrons. The maximum Gasteiger partial charge on any atom is 0.323 e. The Hall–Kier alpha value is -4.09. The largest absolute Gasteiger partial charge is 0.378 e. The first-order valence-corrected chi connectivity index (χ1v) is 13.3. The Morgan fingerprint density at radius 3 is 2.31 bits per heavy atom. The molecule has 2 aliphatic rings. The van der Waals surface area contributed by atoms with E-state index in [1.165, 1.54) is 0 Å². The fourth-order valence-electron chi connectivity index (χ4n) is 4.52. The Balaban J connectivity index is 1.22. The number of nitrogens with one attached hydrogen (secondary N) is 2. The van der Waals surface area contributed by atoms with Crippen molar-refractivity contribution in [2.24, 2.45) is 0 Å². The minimum Gasteiger partial charge on any atom is -0.378 e. The second-order valence-corrected chi connectivity index (χ2v) is 9.66. The number of anilines is 3. The topological polar surface area (TPSA) is 116 Å². The van der Waals surface area contributed by atoms with Gasteiger partial charge in [0.25, 0.3) is 5.91 Å². The molecule has 1 aromatic heterocycles. The van der Waals surface area contributed by atoms with E-state index in [2.05, 4.69) is 37.4 Å². The van der Waals surface area contributed by atoms with Gasteiger partial charge in [0.2, 0.25) is 5.95 Å². The van der Waals surface area contributed by atoms with E-state index < -0.39 is 6.03 Å². The van der Waals surface area contributed by atoms with Crippen LogP contribution in [0.15, 0.2) is 48.5 Å². The molecule has 3 heterocycles. The first kappa shape index (κ1) is 26.5. The van der Waals surface area contributed by atoms with Gasteiger partial charge in [0, 0.05) is 68.2 Å². The molecule has 0 bridgehead atoms. The number of amides is 3. The van der Waals surface area contributed by atoms with Gasteiger partial charge in [-0.25, -0.2) is 9.78 Å². The second kappa shape index (κ2) is 12.2. The van der Waals surface area contributed by atoms with Gasteiger partial charge in [-0.2, -0.15) is 9.97 Å². The molecule has 2 aromatic carbocycles. The summed E-state index contributed by atoms with van der Waals surface area (Å²) < 4.78 is 5.45. The van der Waals surface area contributed by atoms with Crippen LogP contribution in [0, 0.1) is 0 Å². The van der Waals surface area contributed by atoms with Crippen molar-refractivity contribution in [3.05, 3.63) is 59.9 Å². The van der Waals surface area contributed by atoms with Crippen LogP contribution in [0.2, 0.25) is 0 Å². The molecule has 11 heteroatoms. The third-order valence-corrected chi connectivity index (χ3v) is 6.84. The average Bonchev–Trinajstić information content (AvgIpc) is 2.98. The number of aromatic nitrogens is 3. The number of urea groups is 1. The lowest BCUT2D eigenvalue weighted by Crippen LogP contribution is -2.47. The fraction of sp³-hybridized carbons (Fsp3) is 0.393. The van der Waals surface area contributed by atoms with Gasteiger partial charge in [0.1, 0.15) is 5.82 Å². The molecule has 3 aromatic rings. The quantitative estimate of drug-likeness (QED) is 0.500. The zero-order chi connectivity index (χ0) is 27.2. The Morgan fingerprint density at radius 1 is 0.872 bits per heavy atom. The Morgan fingerprint density at radius 2 is 1.59 bits per heavy atom. The lowest BCUT2D eigenvalue weighted by atomic mass is 10.1. The monoisotopic (exact) mass is 530 g/mol. The van der Waals surface area contributed by atoms with E-state index in [0.717, 1.165) is 37.6 Å². The standard InChI is InChI=1S/C28H34N8O3/c1-3-24-31-25(33-27(32-24)36-15-17-39-18-16-36)20-7-9-22(10-8-20)29-28(38)30-23-6-4-5-21(19-23)26(37)35-13-11-34(2)12-14-35/h4-10,19H,3,11-18H2,1-2H3,(H2,29,30,38). The molecule has 3 amide bonds. The van der Waals surface area contributed by atoms with Gasteiger partial charge >= 0.3 is 6.03 Å². The number of aryl methyl sites for hydroxylation is 1. The Labute approximate surface area is 228 Å². The van der Waals surface area contributed by atoms with Gasteiger partial charge in [0.15, 0.2) is 5.82 Å². The highest BCUT2D eigenvalue weighted by molar-refractivity contribution is 6.01. The molecule has 0 saturated carbocycles. The predicted molar refractivity (Wildman–Crippen MR) is 150 cm³/mol. The van der Waals surface area contributed by atoms with E-state index in [0.29, 0.717) is 61.4 Å². The Bertz CT molecular complexity index is 1300. The number of hydrogen-bond acceptors (Lipinski definition) is 8. The van der Waals surface area contributed by atoms with Crippen LogP contribution in [0.5, 0.6) is 0 Å². The minimum atomic E-state index is -0.394. The van der Waals surface area contributed by atoms with E-state index in [1.54, 1.807) is 24.3 Å². The highest BCUT2D eigenvalue weighted by atomic mass is 16.5. The number of ether oxygens (including phenoxy) is 1. The van der Waals surface area contributed by atoms with Crippen LogP contribution >= 0.6 is 0 Å². The van der Waals surface area contributed by atoms with Crippen molar-refractivity contribution >= 4 is 29.3 Å². The molecule has 0 atom stereocenters. The summed E-state index contributed by atoms with van der Waals surface area (Å²) in [6, 6.07) is 14.0. The summed E-state index contributed by atoms with van der Waals surface area (Å²) in [6.45, 7) is 7.93. The molecule has 0 unspecified atom stereocenters. The highest BCUT2D eigenvalue weighted by Crippen LogP contribution is 2.22. The summed E-state index contributed by atoms with van der Waals surface area (Å²) >= 11 is 0. The van der Waals surface area contributed by atoms with Gasteiger partial charge < -0.3 is 30.1 Å². The average molecular weight is 531 g/mol. The molecule has 0 aliphatic carbocycles. The number of rotatable bonds is 6. The van der Waals surface area contributed by atoms with Gasteiger partial charge in [-0.15, -0.1) is 0 Å². The Kier molecular flexibility index (Phi) is 8.28. The summed E-state index contributed by atoms with van der Waals surface area (Å²) in [7, 11) is 2.05. The number of likely N-dealkylation sites (N-methyl/N-ethyl adjacent to an activating group) is 1.